The lowest BCUT2D eigenvalue weighted by molar-refractivity contribution is 0.604. The number of H-pyrrole nitrogens is 1. The smallest absolute Gasteiger partial charge is 0.259 e. The molecule has 0 amide bonds. The minimum Gasteiger partial charge on any atom is -0.308 e. The molecule has 3 aromatic heterocycles. The third-order valence-electron chi connectivity index (χ3n) is 2.97. The largest absolute Gasteiger partial charge is 0.308 e. The molecule has 0 atom stereocenters. The highest BCUT2D eigenvalue weighted by Gasteiger charge is 2.19. The predicted octanol–water partition coefficient (Wildman–Crippen LogP) is 1.92. The SMILES string of the molecule is CC(C)(C)c1cc2c(=O)[nH]c(Cn3ccnn3)nc2s1. The maximum Gasteiger partial charge on any atom is 0.259 e. The Bertz CT molecular complexity index is 794. The molecule has 20 heavy (non-hydrogen) atoms. The summed E-state index contributed by atoms with van der Waals surface area (Å²) in [5, 5.41) is 8.26. The molecule has 7 heteroatoms. The van der Waals surface area contributed by atoms with E-state index >= 15 is 0 Å². The van der Waals surface area contributed by atoms with Crippen molar-refractivity contribution in [2.24, 2.45) is 0 Å². The number of fused-ring (bicyclic) bond motifs is 1. The summed E-state index contributed by atoms with van der Waals surface area (Å²) in [5.74, 6) is 0.593. The fourth-order valence-corrected chi connectivity index (χ4v) is 3.00. The molecule has 6 nitrogen and oxygen atoms in total. The lowest BCUT2D eigenvalue weighted by atomic mass is 9.94. The maximum absolute atomic E-state index is 12.1. The van der Waals surface area contributed by atoms with E-state index < -0.39 is 0 Å². The molecule has 0 radical (unpaired) electrons. The van der Waals surface area contributed by atoms with E-state index in [0.29, 0.717) is 17.8 Å². The van der Waals surface area contributed by atoms with Crippen LogP contribution in [0.25, 0.3) is 10.2 Å². The van der Waals surface area contributed by atoms with E-state index in [0.717, 1.165) is 9.71 Å². The summed E-state index contributed by atoms with van der Waals surface area (Å²) in [5.41, 5.74) is -0.0824. The standard InChI is InChI=1S/C13H15N5OS/c1-13(2,3)9-6-8-11(19)15-10(16-12(8)20-9)7-18-5-4-14-17-18/h4-6H,7H2,1-3H3,(H,15,16,19). The average molecular weight is 289 g/mol. The van der Waals surface area contributed by atoms with Crippen molar-refractivity contribution >= 4 is 21.6 Å². The van der Waals surface area contributed by atoms with Crippen molar-refractivity contribution in [3.8, 4) is 0 Å². The van der Waals surface area contributed by atoms with E-state index in [-0.39, 0.29) is 11.0 Å². The van der Waals surface area contributed by atoms with Crippen molar-refractivity contribution in [3.05, 3.63) is 39.5 Å². The van der Waals surface area contributed by atoms with Crippen LogP contribution in [-0.4, -0.2) is 25.0 Å². The second-order valence-electron chi connectivity index (χ2n) is 5.69. The van der Waals surface area contributed by atoms with Crippen molar-refractivity contribution in [1.29, 1.82) is 0 Å². The first-order chi connectivity index (χ1) is 9.43. The molecule has 0 unspecified atom stereocenters. The highest BCUT2D eigenvalue weighted by atomic mass is 32.1. The molecule has 0 saturated heterocycles. The van der Waals surface area contributed by atoms with Gasteiger partial charge in [0, 0.05) is 11.1 Å². The van der Waals surface area contributed by atoms with Gasteiger partial charge in [-0.05, 0) is 11.5 Å². The van der Waals surface area contributed by atoms with Crippen molar-refractivity contribution in [1.82, 2.24) is 25.0 Å². The quantitative estimate of drug-likeness (QED) is 0.782. The maximum atomic E-state index is 12.1. The molecular formula is C13H15N5OS. The van der Waals surface area contributed by atoms with Crippen LogP contribution in [0.3, 0.4) is 0 Å². The Balaban J connectivity index is 2.07. The van der Waals surface area contributed by atoms with Crippen LogP contribution >= 0.6 is 11.3 Å². The molecular weight excluding hydrogens is 274 g/mol. The predicted molar refractivity (Wildman–Crippen MR) is 78.1 cm³/mol. The number of aromatic amines is 1. The third kappa shape index (κ3) is 2.36. The normalized spacial score (nSPS) is 12.2. The second kappa shape index (κ2) is 4.52. The van der Waals surface area contributed by atoms with Gasteiger partial charge in [-0.15, -0.1) is 16.4 Å². The molecule has 0 bridgehead atoms. The Morgan fingerprint density at radius 2 is 2.20 bits per heavy atom. The number of aromatic nitrogens is 5. The summed E-state index contributed by atoms with van der Waals surface area (Å²) >= 11 is 1.57. The molecule has 0 aromatic carbocycles. The van der Waals surface area contributed by atoms with Gasteiger partial charge < -0.3 is 4.98 Å². The monoisotopic (exact) mass is 289 g/mol. The van der Waals surface area contributed by atoms with Crippen LogP contribution in [0.4, 0.5) is 0 Å². The lowest BCUT2D eigenvalue weighted by Gasteiger charge is -2.14. The zero-order chi connectivity index (χ0) is 14.3. The van der Waals surface area contributed by atoms with E-state index in [1.54, 1.807) is 28.4 Å². The van der Waals surface area contributed by atoms with E-state index in [9.17, 15) is 4.79 Å². The minimum atomic E-state index is -0.100. The molecule has 0 aliphatic heterocycles. The molecule has 3 aromatic rings. The van der Waals surface area contributed by atoms with Gasteiger partial charge in [0.25, 0.3) is 5.56 Å². The average Bonchev–Trinajstić information content (AvgIpc) is 2.96. The van der Waals surface area contributed by atoms with Gasteiger partial charge in [0.15, 0.2) is 0 Å². The van der Waals surface area contributed by atoms with Gasteiger partial charge in [-0.25, -0.2) is 9.67 Å². The molecule has 0 aliphatic carbocycles. The molecule has 3 heterocycles. The van der Waals surface area contributed by atoms with Gasteiger partial charge in [-0.3, -0.25) is 4.79 Å². The van der Waals surface area contributed by atoms with Crippen LogP contribution < -0.4 is 5.56 Å². The van der Waals surface area contributed by atoms with E-state index in [4.69, 9.17) is 0 Å². The zero-order valence-electron chi connectivity index (χ0n) is 11.5. The van der Waals surface area contributed by atoms with Crippen molar-refractivity contribution in [2.75, 3.05) is 0 Å². The van der Waals surface area contributed by atoms with Crippen LogP contribution in [0.1, 0.15) is 31.5 Å². The Labute approximate surface area is 119 Å². The highest BCUT2D eigenvalue weighted by Crippen LogP contribution is 2.31. The van der Waals surface area contributed by atoms with Crippen LogP contribution in [-0.2, 0) is 12.0 Å². The zero-order valence-corrected chi connectivity index (χ0v) is 12.4. The number of nitrogens with zero attached hydrogens (tertiary/aromatic N) is 4. The lowest BCUT2D eigenvalue weighted by Crippen LogP contribution is -2.13. The Kier molecular flexibility index (Phi) is 2.93. The minimum absolute atomic E-state index is 0.0177. The number of hydrogen-bond acceptors (Lipinski definition) is 5. The van der Waals surface area contributed by atoms with Crippen LogP contribution in [0, 0.1) is 0 Å². The molecule has 0 aliphatic rings. The van der Waals surface area contributed by atoms with Crippen molar-refractivity contribution in [2.45, 2.75) is 32.7 Å². The highest BCUT2D eigenvalue weighted by molar-refractivity contribution is 7.18. The summed E-state index contributed by atoms with van der Waals surface area (Å²) in [7, 11) is 0. The molecule has 104 valence electrons. The number of nitrogens with one attached hydrogen (secondary N) is 1. The molecule has 1 N–H and O–H groups in total. The van der Waals surface area contributed by atoms with Crippen LogP contribution in [0.2, 0.25) is 0 Å². The third-order valence-corrected chi connectivity index (χ3v) is 4.43. The van der Waals surface area contributed by atoms with Crippen molar-refractivity contribution in [3.63, 3.8) is 0 Å². The van der Waals surface area contributed by atoms with E-state index in [1.165, 1.54) is 0 Å². The number of rotatable bonds is 2. The van der Waals surface area contributed by atoms with Gasteiger partial charge in [0.2, 0.25) is 0 Å². The molecule has 3 rings (SSSR count). The summed E-state index contributed by atoms with van der Waals surface area (Å²) < 4.78 is 1.63. The molecule has 0 saturated carbocycles. The Morgan fingerprint density at radius 1 is 1.40 bits per heavy atom. The first-order valence-corrected chi connectivity index (χ1v) is 7.12. The first-order valence-electron chi connectivity index (χ1n) is 6.31. The Hall–Kier alpha value is -2.02. The van der Waals surface area contributed by atoms with Crippen LogP contribution in [0.5, 0.6) is 0 Å². The molecule has 0 spiro atoms. The fraction of sp³-hybridized carbons (Fsp3) is 0.385. The molecule has 0 fully saturated rings. The van der Waals surface area contributed by atoms with Gasteiger partial charge in [0.1, 0.15) is 17.2 Å². The second-order valence-corrected chi connectivity index (χ2v) is 6.72. The summed E-state index contributed by atoms with van der Waals surface area (Å²) in [6.07, 6.45) is 3.33. The van der Waals surface area contributed by atoms with E-state index in [1.807, 2.05) is 6.07 Å². The van der Waals surface area contributed by atoms with E-state index in [2.05, 4.69) is 41.1 Å². The van der Waals surface area contributed by atoms with Crippen LogP contribution in [0.15, 0.2) is 23.3 Å². The summed E-state index contributed by atoms with van der Waals surface area (Å²) in [6, 6.07) is 1.94. The Morgan fingerprint density at radius 3 is 2.85 bits per heavy atom. The number of hydrogen-bond donors (Lipinski definition) is 1. The fourth-order valence-electron chi connectivity index (χ4n) is 1.89. The van der Waals surface area contributed by atoms with Gasteiger partial charge >= 0.3 is 0 Å². The van der Waals surface area contributed by atoms with Gasteiger partial charge in [-0.2, -0.15) is 0 Å². The van der Waals surface area contributed by atoms with Crippen molar-refractivity contribution < 1.29 is 0 Å². The number of thiophene rings is 1. The first kappa shape index (κ1) is 13.0. The van der Waals surface area contributed by atoms with Gasteiger partial charge in [-0.1, -0.05) is 26.0 Å². The van der Waals surface area contributed by atoms with Gasteiger partial charge in [0.05, 0.1) is 11.6 Å². The topological polar surface area (TPSA) is 76.5 Å². The summed E-state index contributed by atoms with van der Waals surface area (Å²) in [6.45, 7) is 6.79. The summed E-state index contributed by atoms with van der Waals surface area (Å²) in [4.78, 5) is 21.4.